The molecule has 134 valence electrons. The third-order valence-corrected chi connectivity index (χ3v) is 4.99. The van der Waals surface area contributed by atoms with Crippen molar-refractivity contribution in [1.82, 2.24) is 15.1 Å². The van der Waals surface area contributed by atoms with Gasteiger partial charge in [-0.15, -0.1) is 0 Å². The lowest BCUT2D eigenvalue weighted by atomic mass is 10.1. The lowest BCUT2D eigenvalue weighted by Gasteiger charge is -2.22. The van der Waals surface area contributed by atoms with Crippen molar-refractivity contribution in [3.63, 3.8) is 0 Å². The van der Waals surface area contributed by atoms with Gasteiger partial charge in [0.15, 0.2) is 5.11 Å². The first-order valence-electron chi connectivity index (χ1n) is 8.67. The molecule has 6 heteroatoms. The van der Waals surface area contributed by atoms with Crippen molar-refractivity contribution in [3.8, 4) is 0 Å². The van der Waals surface area contributed by atoms with E-state index < -0.39 is 0 Å². The molecule has 1 aliphatic carbocycles. The van der Waals surface area contributed by atoms with Crippen LogP contribution in [-0.2, 0) is 24.1 Å². The molecular weight excluding hydrogens is 332 g/mol. The SMILES string of the molecule is COC(C)(C)CCn1cc(NC(=S)NC2Cc3ccccc3C2)cn1. The molecule has 1 heterocycles. The average Bonchev–Trinajstić information content (AvgIpc) is 3.19. The van der Waals surface area contributed by atoms with Crippen LogP contribution in [0.4, 0.5) is 5.69 Å². The van der Waals surface area contributed by atoms with Gasteiger partial charge in [0, 0.05) is 25.9 Å². The topological polar surface area (TPSA) is 51.1 Å². The maximum atomic E-state index is 5.46. The van der Waals surface area contributed by atoms with E-state index in [1.54, 1.807) is 13.3 Å². The van der Waals surface area contributed by atoms with E-state index in [1.165, 1.54) is 11.1 Å². The zero-order valence-corrected chi connectivity index (χ0v) is 15.9. The van der Waals surface area contributed by atoms with Crippen LogP contribution in [0.1, 0.15) is 31.4 Å². The number of hydrogen-bond donors (Lipinski definition) is 2. The van der Waals surface area contributed by atoms with Crippen molar-refractivity contribution in [3.05, 3.63) is 47.8 Å². The van der Waals surface area contributed by atoms with Crippen LogP contribution < -0.4 is 10.6 Å². The first kappa shape index (κ1) is 17.9. The van der Waals surface area contributed by atoms with Crippen LogP contribution in [0.2, 0.25) is 0 Å². The molecular formula is C19H26N4OS. The van der Waals surface area contributed by atoms with Crippen LogP contribution in [0.5, 0.6) is 0 Å². The smallest absolute Gasteiger partial charge is 0.171 e. The Hall–Kier alpha value is -1.92. The molecule has 0 saturated carbocycles. The molecule has 0 fully saturated rings. The van der Waals surface area contributed by atoms with Crippen molar-refractivity contribution in [1.29, 1.82) is 0 Å². The first-order chi connectivity index (χ1) is 11.9. The minimum absolute atomic E-state index is 0.145. The maximum absolute atomic E-state index is 5.46. The summed E-state index contributed by atoms with van der Waals surface area (Å²) < 4.78 is 7.36. The van der Waals surface area contributed by atoms with Gasteiger partial charge in [0.25, 0.3) is 0 Å². The number of benzene rings is 1. The summed E-state index contributed by atoms with van der Waals surface area (Å²) in [6.07, 6.45) is 6.71. The highest BCUT2D eigenvalue weighted by molar-refractivity contribution is 7.80. The van der Waals surface area contributed by atoms with E-state index in [2.05, 4.69) is 53.8 Å². The molecule has 2 aromatic rings. The number of rotatable bonds is 6. The van der Waals surface area contributed by atoms with Crippen LogP contribution in [0.25, 0.3) is 0 Å². The Bertz CT molecular complexity index is 716. The average molecular weight is 359 g/mol. The normalized spacial score (nSPS) is 14.4. The van der Waals surface area contributed by atoms with Crippen molar-refractivity contribution >= 4 is 23.0 Å². The van der Waals surface area contributed by atoms with Gasteiger partial charge in [0.1, 0.15) is 0 Å². The molecule has 0 atom stereocenters. The minimum atomic E-state index is -0.145. The molecule has 0 amide bonds. The third kappa shape index (κ3) is 4.80. The van der Waals surface area contributed by atoms with Gasteiger partial charge in [-0.1, -0.05) is 24.3 Å². The van der Waals surface area contributed by atoms with Crippen LogP contribution in [0.15, 0.2) is 36.7 Å². The summed E-state index contributed by atoms with van der Waals surface area (Å²) in [6.45, 7) is 4.96. The number of anilines is 1. The summed E-state index contributed by atoms with van der Waals surface area (Å²) >= 11 is 5.46. The van der Waals surface area contributed by atoms with Crippen molar-refractivity contribution < 1.29 is 4.74 Å². The fourth-order valence-corrected chi connectivity index (χ4v) is 3.33. The monoisotopic (exact) mass is 358 g/mol. The Balaban J connectivity index is 1.48. The molecule has 3 rings (SSSR count). The Morgan fingerprint density at radius 3 is 2.64 bits per heavy atom. The molecule has 0 unspecified atom stereocenters. The fraction of sp³-hybridized carbons (Fsp3) is 0.474. The summed E-state index contributed by atoms with van der Waals surface area (Å²) in [6, 6.07) is 8.93. The third-order valence-electron chi connectivity index (χ3n) is 4.77. The number of nitrogens with zero attached hydrogens (tertiary/aromatic N) is 2. The van der Waals surface area contributed by atoms with Gasteiger partial charge in [0.05, 0.1) is 17.5 Å². The van der Waals surface area contributed by atoms with E-state index in [4.69, 9.17) is 17.0 Å². The van der Waals surface area contributed by atoms with Crippen molar-refractivity contribution in [2.24, 2.45) is 0 Å². The van der Waals surface area contributed by atoms with Gasteiger partial charge < -0.3 is 15.4 Å². The highest BCUT2D eigenvalue weighted by Crippen LogP contribution is 2.21. The number of nitrogens with one attached hydrogen (secondary N) is 2. The second-order valence-corrected chi connectivity index (χ2v) is 7.59. The van der Waals surface area contributed by atoms with Crippen LogP contribution in [0, 0.1) is 0 Å². The van der Waals surface area contributed by atoms with Crippen LogP contribution in [0.3, 0.4) is 0 Å². The molecule has 1 aliphatic rings. The minimum Gasteiger partial charge on any atom is -0.379 e. The molecule has 0 bridgehead atoms. The summed E-state index contributed by atoms with van der Waals surface area (Å²) in [5.74, 6) is 0. The van der Waals surface area contributed by atoms with Gasteiger partial charge in [-0.2, -0.15) is 5.10 Å². The second-order valence-electron chi connectivity index (χ2n) is 7.18. The van der Waals surface area contributed by atoms with E-state index >= 15 is 0 Å². The van der Waals surface area contributed by atoms with Gasteiger partial charge in [-0.3, -0.25) is 4.68 Å². The zero-order chi connectivity index (χ0) is 17.9. The lowest BCUT2D eigenvalue weighted by molar-refractivity contribution is 0.0113. The maximum Gasteiger partial charge on any atom is 0.171 e. The molecule has 0 saturated heterocycles. The van der Waals surface area contributed by atoms with Gasteiger partial charge in [-0.05, 0) is 56.5 Å². The Kier molecular flexibility index (Phi) is 5.39. The molecule has 1 aromatic carbocycles. The van der Waals surface area contributed by atoms with E-state index in [0.717, 1.165) is 31.5 Å². The summed E-state index contributed by atoms with van der Waals surface area (Å²) in [7, 11) is 1.74. The number of methoxy groups -OCH3 is 1. The standard InChI is InChI=1S/C19H26N4OS/c1-19(2,24-3)8-9-23-13-17(12-20-23)22-18(25)21-16-10-14-6-4-5-7-15(14)11-16/h4-7,12-13,16H,8-11H2,1-3H3,(H2,21,22,25). The lowest BCUT2D eigenvalue weighted by Crippen LogP contribution is -2.38. The van der Waals surface area contributed by atoms with E-state index in [9.17, 15) is 0 Å². The molecule has 0 radical (unpaired) electrons. The van der Waals surface area contributed by atoms with Crippen molar-refractivity contribution in [2.75, 3.05) is 12.4 Å². The van der Waals surface area contributed by atoms with E-state index in [1.807, 2.05) is 10.9 Å². The number of aromatic nitrogens is 2. The van der Waals surface area contributed by atoms with Gasteiger partial charge >= 0.3 is 0 Å². The van der Waals surface area contributed by atoms with E-state index in [-0.39, 0.29) is 5.60 Å². The highest BCUT2D eigenvalue weighted by Gasteiger charge is 2.21. The molecule has 0 spiro atoms. The predicted octanol–water partition coefficient (Wildman–Crippen LogP) is 3.15. The van der Waals surface area contributed by atoms with Crippen LogP contribution in [-0.4, -0.2) is 33.6 Å². The molecule has 0 aliphatic heterocycles. The van der Waals surface area contributed by atoms with E-state index in [0.29, 0.717) is 11.2 Å². The summed E-state index contributed by atoms with van der Waals surface area (Å²) in [5, 5.41) is 11.7. The summed E-state index contributed by atoms with van der Waals surface area (Å²) in [5.41, 5.74) is 3.59. The second kappa shape index (κ2) is 7.54. The first-order valence-corrected chi connectivity index (χ1v) is 9.08. The van der Waals surface area contributed by atoms with Crippen molar-refractivity contribution in [2.45, 2.75) is 51.3 Å². The quantitative estimate of drug-likeness (QED) is 0.777. The highest BCUT2D eigenvalue weighted by atomic mass is 32.1. The Morgan fingerprint density at radius 1 is 1.32 bits per heavy atom. The zero-order valence-electron chi connectivity index (χ0n) is 15.1. The number of ether oxygens (including phenoxy) is 1. The Labute approximate surface area is 154 Å². The largest absolute Gasteiger partial charge is 0.379 e. The van der Waals surface area contributed by atoms with Gasteiger partial charge in [-0.25, -0.2) is 0 Å². The number of fused-ring (bicyclic) bond motifs is 1. The van der Waals surface area contributed by atoms with Gasteiger partial charge in [0.2, 0.25) is 0 Å². The predicted molar refractivity (Wildman–Crippen MR) is 105 cm³/mol. The molecule has 25 heavy (non-hydrogen) atoms. The van der Waals surface area contributed by atoms with Crippen LogP contribution >= 0.6 is 12.2 Å². The fourth-order valence-electron chi connectivity index (χ4n) is 3.05. The molecule has 2 N–H and O–H groups in total. The molecule has 1 aromatic heterocycles. The Morgan fingerprint density at radius 2 is 2.00 bits per heavy atom. The molecule has 5 nitrogen and oxygen atoms in total. The number of hydrogen-bond acceptors (Lipinski definition) is 3. The summed E-state index contributed by atoms with van der Waals surface area (Å²) in [4.78, 5) is 0. The number of aryl methyl sites for hydroxylation is 1. The number of thiocarbonyl (C=S) groups is 1.